The Kier molecular flexibility index (Phi) is 8.63. The van der Waals surface area contributed by atoms with Crippen LogP contribution in [-0.2, 0) is 10.1 Å². The van der Waals surface area contributed by atoms with Crippen molar-refractivity contribution in [3.8, 4) is 11.5 Å². The lowest BCUT2D eigenvalue weighted by molar-refractivity contribution is 0.104. The van der Waals surface area contributed by atoms with Gasteiger partial charge in [-0.1, -0.05) is 13.0 Å². The van der Waals surface area contributed by atoms with E-state index in [1.54, 1.807) is 36.4 Å². The molecule has 11 heteroatoms. The topological polar surface area (TPSA) is 142 Å². The Morgan fingerprint density at radius 1 is 0.886 bits per heavy atom. The Morgan fingerprint density at radius 2 is 1.54 bits per heavy atom. The van der Waals surface area contributed by atoms with Gasteiger partial charge in [0.2, 0.25) is 0 Å². The fourth-order valence-corrected chi connectivity index (χ4v) is 3.43. The van der Waals surface area contributed by atoms with Crippen LogP contribution in [0.3, 0.4) is 0 Å². The van der Waals surface area contributed by atoms with Gasteiger partial charge in [-0.2, -0.15) is 23.8 Å². The smallest absolute Gasteiger partial charge is 0.294 e. The Morgan fingerprint density at radius 3 is 2.20 bits per heavy atom. The quantitative estimate of drug-likeness (QED) is 0.250. The SMILES string of the molecule is CCC(O)COc1ccc(N=Nc2ccc(N=Nc3cccc(S(=O)(=O)O)c3)cc2OC)cc1C. The summed E-state index contributed by atoms with van der Waals surface area (Å²) in [6, 6.07) is 15.8. The van der Waals surface area contributed by atoms with Gasteiger partial charge < -0.3 is 14.6 Å². The van der Waals surface area contributed by atoms with Crippen molar-refractivity contribution in [2.24, 2.45) is 20.5 Å². The summed E-state index contributed by atoms with van der Waals surface area (Å²) in [4.78, 5) is -0.268. The molecule has 0 fully saturated rings. The lowest BCUT2D eigenvalue weighted by atomic mass is 10.2. The molecule has 3 rings (SSSR count). The summed E-state index contributed by atoms with van der Waals surface area (Å²) >= 11 is 0. The second-order valence-corrected chi connectivity index (χ2v) is 8.97. The molecule has 0 heterocycles. The molecule has 0 aromatic heterocycles. The second-order valence-electron chi connectivity index (χ2n) is 7.55. The number of ether oxygens (including phenoxy) is 2. The maximum absolute atomic E-state index is 11.3. The summed E-state index contributed by atoms with van der Waals surface area (Å²) in [6.07, 6.45) is 0.111. The highest BCUT2D eigenvalue weighted by molar-refractivity contribution is 7.85. The average Bonchev–Trinajstić information content (AvgIpc) is 2.85. The molecule has 0 radical (unpaired) electrons. The minimum absolute atomic E-state index is 0.227. The number of azo groups is 2. The van der Waals surface area contributed by atoms with Crippen LogP contribution in [0, 0.1) is 6.92 Å². The number of nitrogens with zero attached hydrogens (tertiary/aromatic N) is 4. The molecule has 184 valence electrons. The number of methoxy groups -OCH3 is 1. The third kappa shape index (κ3) is 7.41. The molecule has 35 heavy (non-hydrogen) atoms. The third-order valence-electron chi connectivity index (χ3n) is 4.89. The number of aliphatic hydroxyl groups excluding tert-OH is 1. The van der Waals surface area contributed by atoms with Gasteiger partial charge in [0.1, 0.15) is 23.8 Å². The maximum Gasteiger partial charge on any atom is 0.294 e. The van der Waals surface area contributed by atoms with Crippen molar-refractivity contribution < 1.29 is 27.6 Å². The van der Waals surface area contributed by atoms with E-state index in [4.69, 9.17) is 14.0 Å². The Hall–Kier alpha value is -3.67. The van der Waals surface area contributed by atoms with E-state index in [0.29, 0.717) is 35.0 Å². The Labute approximate surface area is 203 Å². The van der Waals surface area contributed by atoms with Crippen LogP contribution in [0.4, 0.5) is 22.7 Å². The molecule has 1 unspecified atom stereocenters. The minimum atomic E-state index is -4.33. The van der Waals surface area contributed by atoms with Crippen LogP contribution < -0.4 is 9.47 Å². The molecule has 0 saturated carbocycles. The number of benzene rings is 3. The largest absolute Gasteiger partial charge is 0.494 e. The minimum Gasteiger partial charge on any atom is -0.494 e. The summed E-state index contributed by atoms with van der Waals surface area (Å²) in [5, 5.41) is 26.3. The predicted octanol–water partition coefficient (Wildman–Crippen LogP) is 6.23. The van der Waals surface area contributed by atoms with E-state index < -0.39 is 16.2 Å². The molecule has 0 saturated heterocycles. The van der Waals surface area contributed by atoms with Crippen molar-refractivity contribution in [3.05, 3.63) is 66.2 Å². The van der Waals surface area contributed by atoms with Crippen molar-refractivity contribution in [1.82, 2.24) is 0 Å². The zero-order chi connectivity index (χ0) is 25.4. The van der Waals surface area contributed by atoms with E-state index in [1.165, 1.54) is 25.3 Å². The lowest BCUT2D eigenvalue weighted by Gasteiger charge is -2.12. The van der Waals surface area contributed by atoms with Gasteiger partial charge in [-0.3, -0.25) is 4.55 Å². The second kappa shape index (κ2) is 11.6. The predicted molar refractivity (Wildman–Crippen MR) is 131 cm³/mol. The summed E-state index contributed by atoms with van der Waals surface area (Å²) in [5.74, 6) is 1.09. The first-order valence-corrected chi connectivity index (χ1v) is 12.1. The molecule has 0 bridgehead atoms. The molecule has 3 aromatic rings. The van der Waals surface area contributed by atoms with Crippen LogP contribution in [0.2, 0.25) is 0 Å². The number of hydrogen-bond donors (Lipinski definition) is 2. The molecule has 0 spiro atoms. The molecule has 10 nitrogen and oxygen atoms in total. The highest BCUT2D eigenvalue weighted by Crippen LogP contribution is 2.34. The van der Waals surface area contributed by atoms with Crippen LogP contribution in [0.15, 0.2) is 86.0 Å². The molecule has 1 atom stereocenters. The van der Waals surface area contributed by atoms with Gasteiger partial charge in [0, 0.05) is 6.07 Å². The molecule has 0 amide bonds. The van der Waals surface area contributed by atoms with E-state index in [-0.39, 0.29) is 17.2 Å². The molecule has 2 N–H and O–H groups in total. The molecule has 3 aromatic carbocycles. The van der Waals surface area contributed by atoms with Gasteiger partial charge in [0.05, 0.1) is 35.2 Å². The molecule has 0 aliphatic carbocycles. The Bertz CT molecular complexity index is 1340. The van der Waals surface area contributed by atoms with Gasteiger partial charge in [-0.15, -0.1) is 5.11 Å². The van der Waals surface area contributed by atoms with Crippen molar-refractivity contribution in [3.63, 3.8) is 0 Å². The van der Waals surface area contributed by atoms with Crippen molar-refractivity contribution in [1.29, 1.82) is 0 Å². The third-order valence-corrected chi connectivity index (χ3v) is 5.74. The zero-order valence-corrected chi connectivity index (χ0v) is 20.3. The molecule has 0 aliphatic heterocycles. The first-order chi connectivity index (χ1) is 16.7. The van der Waals surface area contributed by atoms with E-state index >= 15 is 0 Å². The standard InChI is InChI=1S/C24H26N4O6S/c1-4-20(29)15-34-23-11-9-18(12-16(23)2)27-28-22-10-8-19(14-24(22)33-3)26-25-17-6-5-7-21(13-17)35(30,31)32/h5-14,20,29H,4,15H2,1-3H3,(H,30,31,32). The van der Waals surface area contributed by atoms with Crippen molar-refractivity contribution in [2.45, 2.75) is 31.3 Å². The van der Waals surface area contributed by atoms with E-state index in [1.807, 2.05) is 19.9 Å². The van der Waals surface area contributed by atoms with Gasteiger partial charge in [-0.25, -0.2) is 0 Å². The van der Waals surface area contributed by atoms with Gasteiger partial charge >= 0.3 is 0 Å². The summed E-state index contributed by atoms with van der Waals surface area (Å²) in [7, 11) is -2.84. The van der Waals surface area contributed by atoms with Gasteiger partial charge in [-0.05, 0) is 67.4 Å². The van der Waals surface area contributed by atoms with Crippen molar-refractivity contribution >= 4 is 32.9 Å². The Balaban J connectivity index is 1.74. The lowest BCUT2D eigenvalue weighted by Crippen LogP contribution is -2.16. The van der Waals surface area contributed by atoms with Crippen molar-refractivity contribution in [2.75, 3.05) is 13.7 Å². The zero-order valence-electron chi connectivity index (χ0n) is 19.5. The first-order valence-electron chi connectivity index (χ1n) is 10.7. The number of hydrogen-bond acceptors (Lipinski definition) is 9. The highest BCUT2D eigenvalue weighted by Gasteiger charge is 2.10. The molecular weight excluding hydrogens is 472 g/mol. The van der Waals surface area contributed by atoms with Gasteiger partial charge in [0.25, 0.3) is 10.1 Å². The van der Waals surface area contributed by atoms with Crippen LogP contribution >= 0.6 is 0 Å². The van der Waals surface area contributed by atoms with Crippen LogP contribution in [0.25, 0.3) is 0 Å². The van der Waals surface area contributed by atoms with Crippen LogP contribution in [0.1, 0.15) is 18.9 Å². The monoisotopic (exact) mass is 498 g/mol. The average molecular weight is 499 g/mol. The number of rotatable bonds is 10. The summed E-state index contributed by atoms with van der Waals surface area (Å²) in [6.45, 7) is 4.00. The van der Waals surface area contributed by atoms with Crippen LogP contribution in [-0.4, -0.2) is 37.9 Å². The molecule has 0 aliphatic rings. The highest BCUT2D eigenvalue weighted by atomic mass is 32.2. The first kappa shape index (κ1) is 25.9. The summed E-state index contributed by atoms with van der Waals surface area (Å²) < 4.78 is 42.7. The number of aryl methyl sites for hydroxylation is 1. The van der Waals surface area contributed by atoms with Crippen LogP contribution in [0.5, 0.6) is 11.5 Å². The van der Waals surface area contributed by atoms with E-state index in [0.717, 1.165) is 5.56 Å². The number of aliphatic hydroxyl groups is 1. The maximum atomic E-state index is 11.3. The normalized spacial score (nSPS) is 12.8. The fraction of sp³-hybridized carbons (Fsp3) is 0.250. The van der Waals surface area contributed by atoms with Gasteiger partial charge in [0.15, 0.2) is 0 Å². The fourth-order valence-electron chi connectivity index (χ4n) is 2.91. The molecular formula is C24H26N4O6S. The van der Waals surface area contributed by atoms with E-state index in [9.17, 15) is 13.5 Å². The summed E-state index contributed by atoms with van der Waals surface area (Å²) in [5.41, 5.74) is 2.67. The van der Waals surface area contributed by atoms with E-state index in [2.05, 4.69) is 20.5 Å².